The maximum Gasteiger partial charge on any atom is 0.225 e. The normalized spacial score (nSPS) is 19.4. The third kappa shape index (κ3) is 3.39. The van der Waals surface area contributed by atoms with Crippen molar-refractivity contribution in [1.82, 2.24) is 10.2 Å². The predicted octanol–water partition coefficient (Wildman–Crippen LogP) is 0.515. The van der Waals surface area contributed by atoms with Crippen molar-refractivity contribution in [3.8, 4) is 0 Å². The maximum absolute atomic E-state index is 12.1. The van der Waals surface area contributed by atoms with E-state index in [1.54, 1.807) is 37.1 Å². The molecule has 1 atom stereocenters. The lowest BCUT2D eigenvalue weighted by molar-refractivity contribution is -0.130. The molecule has 1 fully saturated rings. The highest BCUT2D eigenvalue weighted by Crippen LogP contribution is 2.21. The van der Waals surface area contributed by atoms with Gasteiger partial charge in [0.15, 0.2) is 0 Å². The number of amides is 2. The van der Waals surface area contributed by atoms with Crippen LogP contribution < -0.4 is 5.32 Å². The van der Waals surface area contributed by atoms with Crippen LogP contribution in [0, 0.1) is 5.92 Å². The van der Waals surface area contributed by atoms with Gasteiger partial charge in [-0.15, -0.1) is 0 Å². The van der Waals surface area contributed by atoms with E-state index in [1.807, 2.05) is 0 Å². The molecule has 2 rings (SSSR count). The van der Waals surface area contributed by atoms with Crippen molar-refractivity contribution in [2.24, 2.45) is 5.92 Å². The first-order valence-electron chi connectivity index (χ1n) is 6.64. The van der Waals surface area contributed by atoms with E-state index in [0.717, 1.165) is 0 Å². The number of nitrogens with one attached hydrogen (secondary N) is 1. The van der Waals surface area contributed by atoms with E-state index in [9.17, 15) is 9.59 Å². The van der Waals surface area contributed by atoms with Crippen molar-refractivity contribution in [3.05, 3.63) is 24.2 Å². The third-order valence-corrected chi connectivity index (χ3v) is 3.37. The van der Waals surface area contributed by atoms with Gasteiger partial charge >= 0.3 is 0 Å². The number of aliphatic hydroxyl groups excluding tert-OH is 1. The molecule has 0 spiro atoms. The molecule has 6 nitrogen and oxygen atoms in total. The minimum atomic E-state index is -0.672. The number of rotatable bonds is 5. The molecule has 6 heteroatoms. The Morgan fingerprint density at radius 2 is 2.35 bits per heavy atom. The number of aliphatic hydroxyl groups is 1. The zero-order valence-corrected chi connectivity index (χ0v) is 11.8. The Labute approximate surface area is 117 Å². The largest absolute Gasteiger partial charge is 0.467 e. The fourth-order valence-corrected chi connectivity index (χ4v) is 2.17. The molecule has 0 saturated carbocycles. The van der Waals surface area contributed by atoms with E-state index < -0.39 is 5.54 Å². The highest BCUT2D eigenvalue weighted by Gasteiger charge is 2.36. The van der Waals surface area contributed by atoms with Gasteiger partial charge < -0.3 is 19.7 Å². The van der Waals surface area contributed by atoms with E-state index >= 15 is 0 Å². The van der Waals surface area contributed by atoms with Crippen molar-refractivity contribution in [2.45, 2.75) is 32.4 Å². The molecule has 110 valence electrons. The zero-order chi connectivity index (χ0) is 14.8. The van der Waals surface area contributed by atoms with Crippen molar-refractivity contribution in [1.29, 1.82) is 0 Å². The summed E-state index contributed by atoms with van der Waals surface area (Å²) in [5.41, 5.74) is -0.672. The number of nitrogens with zero attached hydrogens (tertiary/aromatic N) is 1. The monoisotopic (exact) mass is 280 g/mol. The van der Waals surface area contributed by atoms with Gasteiger partial charge in [0, 0.05) is 13.0 Å². The minimum Gasteiger partial charge on any atom is -0.467 e. The first-order valence-corrected chi connectivity index (χ1v) is 6.64. The first-order chi connectivity index (χ1) is 9.41. The number of furan rings is 1. The summed E-state index contributed by atoms with van der Waals surface area (Å²) < 4.78 is 5.21. The smallest absolute Gasteiger partial charge is 0.225 e. The Morgan fingerprint density at radius 3 is 2.95 bits per heavy atom. The van der Waals surface area contributed by atoms with E-state index in [2.05, 4.69) is 5.32 Å². The summed E-state index contributed by atoms with van der Waals surface area (Å²) in [4.78, 5) is 25.6. The Balaban J connectivity index is 1.93. The van der Waals surface area contributed by atoms with Gasteiger partial charge in [-0.05, 0) is 26.0 Å². The molecular weight excluding hydrogens is 260 g/mol. The van der Waals surface area contributed by atoms with Gasteiger partial charge in [-0.3, -0.25) is 9.59 Å². The van der Waals surface area contributed by atoms with Crippen molar-refractivity contribution >= 4 is 11.8 Å². The molecule has 0 radical (unpaired) electrons. The highest BCUT2D eigenvalue weighted by atomic mass is 16.3. The summed E-state index contributed by atoms with van der Waals surface area (Å²) in [7, 11) is 0. The van der Waals surface area contributed by atoms with Crippen LogP contribution in [0.1, 0.15) is 26.0 Å². The average Bonchev–Trinajstić information content (AvgIpc) is 3.00. The van der Waals surface area contributed by atoms with Crippen LogP contribution in [0.5, 0.6) is 0 Å². The summed E-state index contributed by atoms with van der Waals surface area (Å²) in [6.45, 7) is 4.10. The van der Waals surface area contributed by atoms with Crippen molar-refractivity contribution in [2.75, 3.05) is 13.2 Å². The molecule has 1 aromatic heterocycles. The van der Waals surface area contributed by atoms with Gasteiger partial charge in [-0.1, -0.05) is 0 Å². The fraction of sp³-hybridized carbons (Fsp3) is 0.571. The second-order valence-electron chi connectivity index (χ2n) is 5.79. The van der Waals surface area contributed by atoms with Crippen molar-refractivity contribution in [3.63, 3.8) is 0 Å². The van der Waals surface area contributed by atoms with Crippen molar-refractivity contribution < 1.29 is 19.1 Å². The standard InChI is InChI=1S/C14H20N2O4/c1-14(2,9-17)15-13(19)10-6-12(18)16(7-10)8-11-4-3-5-20-11/h3-5,10,17H,6-9H2,1-2H3,(H,15,19). The Hall–Kier alpha value is -1.82. The van der Waals surface area contributed by atoms with Crippen LogP contribution in [0.4, 0.5) is 0 Å². The number of hydrogen-bond acceptors (Lipinski definition) is 4. The van der Waals surface area contributed by atoms with Crippen LogP contribution in [0.3, 0.4) is 0 Å². The molecule has 2 N–H and O–H groups in total. The maximum atomic E-state index is 12.1. The fourth-order valence-electron chi connectivity index (χ4n) is 2.17. The van der Waals surface area contributed by atoms with Gasteiger partial charge in [-0.2, -0.15) is 0 Å². The lowest BCUT2D eigenvalue weighted by Crippen LogP contribution is -2.49. The zero-order valence-electron chi connectivity index (χ0n) is 11.8. The second-order valence-corrected chi connectivity index (χ2v) is 5.79. The number of carbonyl (C=O) groups is 2. The van der Waals surface area contributed by atoms with Gasteiger partial charge in [0.25, 0.3) is 0 Å². The molecule has 1 unspecified atom stereocenters. The molecule has 2 amide bonds. The average molecular weight is 280 g/mol. The van der Waals surface area contributed by atoms with Gasteiger partial charge in [0.2, 0.25) is 11.8 Å². The van der Waals surface area contributed by atoms with E-state index in [0.29, 0.717) is 18.8 Å². The molecule has 20 heavy (non-hydrogen) atoms. The summed E-state index contributed by atoms with van der Waals surface area (Å²) in [6, 6.07) is 3.57. The number of hydrogen-bond donors (Lipinski definition) is 2. The topological polar surface area (TPSA) is 82.8 Å². The first kappa shape index (κ1) is 14.6. The number of carbonyl (C=O) groups excluding carboxylic acids is 2. The Bertz CT molecular complexity index is 481. The summed E-state index contributed by atoms with van der Waals surface area (Å²) >= 11 is 0. The predicted molar refractivity (Wildman–Crippen MR) is 71.5 cm³/mol. The van der Waals surface area contributed by atoms with Gasteiger partial charge in [0.05, 0.1) is 30.9 Å². The molecular formula is C14H20N2O4. The lowest BCUT2D eigenvalue weighted by Gasteiger charge is -2.25. The van der Waals surface area contributed by atoms with Crippen LogP contribution in [-0.2, 0) is 16.1 Å². The highest BCUT2D eigenvalue weighted by molar-refractivity contribution is 5.89. The summed E-state index contributed by atoms with van der Waals surface area (Å²) in [5, 5.41) is 11.9. The Kier molecular flexibility index (Phi) is 4.13. The second kappa shape index (κ2) is 5.66. The van der Waals surface area contributed by atoms with E-state index in [1.165, 1.54) is 0 Å². The molecule has 1 saturated heterocycles. The van der Waals surface area contributed by atoms with Crippen LogP contribution in [0.15, 0.2) is 22.8 Å². The van der Waals surface area contributed by atoms with Crippen LogP contribution in [0.2, 0.25) is 0 Å². The lowest BCUT2D eigenvalue weighted by atomic mass is 10.0. The molecule has 0 aromatic carbocycles. The summed E-state index contributed by atoms with van der Waals surface area (Å²) in [6.07, 6.45) is 1.76. The van der Waals surface area contributed by atoms with Gasteiger partial charge in [0.1, 0.15) is 5.76 Å². The number of likely N-dealkylation sites (tertiary alicyclic amines) is 1. The Morgan fingerprint density at radius 1 is 1.60 bits per heavy atom. The molecule has 0 bridgehead atoms. The third-order valence-electron chi connectivity index (χ3n) is 3.37. The SMILES string of the molecule is CC(C)(CO)NC(=O)C1CC(=O)N(Cc2ccco2)C1. The molecule has 1 aromatic rings. The molecule has 2 heterocycles. The van der Waals surface area contributed by atoms with Crippen LogP contribution in [0.25, 0.3) is 0 Å². The van der Waals surface area contributed by atoms with E-state index in [4.69, 9.17) is 9.52 Å². The van der Waals surface area contributed by atoms with Crippen LogP contribution >= 0.6 is 0 Å². The molecule has 1 aliphatic rings. The van der Waals surface area contributed by atoms with E-state index in [-0.39, 0.29) is 30.8 Å². The van der Waals surface area contributed by atoms with Gasteiger partial charge in [-0.25, -0.2) is 0 Å². The molecule has 0 aliphatic carbocycles. The minimum absolute atomic E-state index is 0.0524. The molecule has 1 aliphatic heterocycles. The summed E-state index contributed by atoms with van der Waals surface area (Å²) in [5.74, 6) is 0.0843. The van der Waals surface area contributed by atoms with Crippen LogP contribution in [-0.4, -0.2) is 40.5 Å². The quantitative estimate of drug-likeness (QED) is 0.823.